The first kappa shape index (κ1) is 15.1. The highest BCUT2D eigenvalue weighted by molar-refractivity contribution is 6.37. The molecule has 1 atom stereocenters. The van der Waals surface area contributed by atoms with Gasteiger partial charge in [0.05, 0.1) is 33.6 Å². The van der Waals surface area contributed by atoms with Crippen molar-refractivity contribution in [3.8, 4) is 5.69 Å². The molecule has 0 aliphatic rings. The molecule has 1 heterocycles. The maximum absolute atomic E-state index is 12.9. The number of halogens is 5. The molecular formula is C11H8Cl2F3N3O. The Balaban J connectivity index is 2.58. The average Bonchev–Trinajstić information content (AvgIpc) is 2.76. The molecule has 0 spiro atoms. The van der Waals surface area contributed by atoms with Crippen molar-refractivity contribution < 1.29 is 18.3 Å². The fraction of sp³-hybridized carbons (Fsp3) is 0.273. The summed E-state index contributed by atoms with van der Waals surface area (Å²) in [6, 6.07) is 2.37. The van der Waals surface area contributed by atoms with Crippen LogP contribution in [0.15, 0.2) is 18.3 Å². The molecule has 2 aromatic rings. The molecule has 0 saturated carbocycles. The molecule has 108 valence electrons. The van der Waals surface area contributed by atoms with E-state index in [1.165, 1.54) is 19.2 Å². The van der Waals surface area contributed by atoms with E-state index in [0.717, 1.165) is 10.7 Å². The third-order valence-electron chi connectivity index (χ3n) is 2.54. The number of rotatable bonds is 2. The van der Waals surface area contributed by atoms with E-state index in [-0.39, 0.29) is 11.4 Å². The summed E-state index contributed by atoms with van der Waals surface area (Å²) in [4.78, 5) is 0. The Kier molecular flexibility index (Phi) is 3.95. The Morgan fingerprint density at radius 2 is 1.95 bits per heavy atom. The number of aliphatic hydroxyl groups is 1. The van der Waals surface area contributed by atoms with E-state index in [1.54, 1.807) is 0 Å². The van der Waals surface area contributed by atoms with Crippen LogP contribution in [0.4, 0.5) is 13.2 Å². The Morgan fingerprint density at radius 1 is 1.30 bits per heavy atom. The van der Waals surface area contributed by atoms with Gasteiger partial charge in [-0.3, -0.25) is 0 Å². The molecule has 0 aliphatic heterocycles. The third-order valence-corrected chi connectivity index (χ3v) is 3.24. The zero-order valence-electron chi connectivity index (χ0n) is 9.99. The van der Waals surface area contributed by atoms with Crippen LogP contribution >= 0.6 is 23.2 Å². The molecule has 0 bridgehead atoms. The van der Waals surface area contributed by atoms with E-state index < -0.39 is 27.9 Å². The van der Waals surface area contributed by atoms with E-state index in [4.69, 9.17) is 23.2 Å². The molecule has 2 rings (SSSR count). The Labute approximate surface area is 121 Å². The number of benzene rings is 1. The summed E-state index contributed by atoms with van der Waals surface area (Å²) in [6.07, 6.45) is -4.28. The number of hydrogen-bond donors (Lipinski definition) is 1. The Hall–Kier alpha value is -1.31. The minimum atomic E-state index is -4.68. The van der Waals surface area contributed by atoms with Gasteiger partial charge in [0.25, 0.3) is 0 Å². The summed E-state index contributed by atoms with van der Waals surface area (Å²) in [5, 5.41) is 15.5. The van der Waals surface area contributed by atoms with Gasteiger partial charge in [-0.1, -0.05) is 28.4 Å². The molecule has 1 unspecified atom stereocenters. The van der Waals surface area contributed by atoms with E-state index in [2.05, 4.69) is 10.3 Å². The molecule has 1 N–H and O–H groups in total. The second-order valence-corrected chi connectivity index (χ2v) is 4.80. The normalized spacial score (nSPS) is 13.6. The van der Waals surface area contributed by atoms with Crippen LogP contribution in [0.1, 0.15) is 24.3 Å². The molecule has 0 aliphatic carbocycles. The van der Waals surface area contributed by atoms with Crippen LogP contribution in [0, 0.1) is 0 Å². The van der Waals surface area contributed by atoms with Crippen molar-refractivity contribution >= 4 is 23.2 Å². The van der Waals surface area contributed by atoms with E-state index in [1.807, 2.05) is 0 Å². The molecule has 0 fully saturated rings. The second-order valence-electron chi connectivity index (χ2n) is 4.02. The molecule has 0 radical (unpaired) electrons. The van der Waals surface area contributed by atoms with Crippen molar-refractivity contribution in [3.63, 3.8) is 0 Å². The van der Waals surface area contributed by atoms with E-state index in [9.17, 15) is 18.3 Å². The van der Waals surface area contributed by atoms with Gasteiger partial charge in [-0.15, -0.1) is 5.10 Å². The first-order chi connectivity index (χ1) is 9.21. The van der Waals surface area contributed by atoms with Crippen molar-refractivity contribution in [2.45, 2.75) is 19.2 Å². The quantitative estimate of drug-likeness (QED) is 0.917. The number of aromatic nitrogens is 3. The summed E-state index contributed by atoms with van der Waals surface area (Å²) in [5.41, 5.74) is -0.945. The number of alkyl halides is 3. The minimum absolute atomic E-state index is 0.0252. The fourth-order valence-corrected chi connectivity index (χ4v) is 2.24. The summed E-state index contributed by atoms with van der Waals surface area (Å²) >= 11 is 11.3. The van der Waals surface area contributed by atoms with Crippen molar-refractivity contribution in [1.82, 2.24) is 15.0 Å². The summed E-state index contributed by atoms with van der Waals surface area (Å²) in [6.45, 7) is 1.46. The smallest absolute Gasteiger partial charge is 0.387 e. The average molecular weight is 326 g/mol. The lowest BCUT2D eigenvalue weighted by molar-refractivity contribution is -0.137. The maximum Gasteiger partial charge on any atom is 0.419 e. The zero-order valence-corrected chi connectivity index (χ0v) is 11.5. The van der Waals surface area contributed by atoms with Gasteiger partial charge in [0.1, 0.15) is 5.69 Å². The molecular weight excluding hydrogens is 318 g/mol. The molecule has 20 heavy (non-hydrogen) atoms. The topological polar surface area (TPSA) is 50.9 Å². The van der Waals surface area contributed by atoms with E-state index in [0.29, 0.717) is 0 Å². The van der Waals surface area contributed by atoms with Gasteiger partial charge in [-0.05, 0) is 19.1 Å². The summed E-state index contributed by atoms with van der Waals surface area (Å²) in [5.74, 6) is 0. The van der Waals surface area contributed by atoms with Crippen LogP contribution in [-0.4, -0.2) is 20.1 Å². The van der Waals surface area contributed by atoms with Gasteiger partial charge in [-0.25, -0.2) is 4.68 Å². The van der Waals surface area contributed by atoms with Crippen LogP contribution in [0.5, 0.6) is 0 Å². The largest absolute Gasteiger partial charge is 0.419 e. The van der Waals surface area contributed by atoms with Crippen molar-refractivity contribution in [2.24, 2.45) is 0 Å². The lowest BCUT2D eigenvalue weighted by atomic mass is 10.2. The van der Waals surface area contributed by atoms with Gasteiger partial charge in [0.15, 0.2) is 0 Å². The van der Waals surface area contributed by atoms with Crippen LogP contribution < -0.4 is 0 Å². The SMILES string of the molecule is CC(O)c1cn(-c2ccc(Cl)c(C(F)(F)F)c2Cl)nn1. The van der Waals surface area contributed by atoms with Crippen LogP contribution in [-0.2, 0) is 6.18 Å². The molecule has 1 aromatic carbocycles. The predicted octanol–water partition coefficient (Wildman–Crippen LogP) is 3.65. The lowest BCUT2D eigenvalue weighted by Gasteiger charge is -2.13. The molecule has 4 nitrogen and oxygen atoms in total. The Morgan fingerprint density at radius 3 is 2.45 bits per heavy atom. The van der Waals surface area contributed by atoms with Gasteiger partial charge in [0.2, 0.25) is 0 Å². The number of nitrogens with zero attached hydrogens (tertiary/aromatic N) is 3. The highest BCUT2D eigenvalue weighted by Crippen LogP contribution is 2.41. The lowest BCUT2D eigenvalue weighted by Crippen LogP contribution is -2.09. The van der Waals surface area contributed by atoms with Gasteiger partial charge < -0.3 is 5.11 Å². The van der Waals surface area contributed by atoms with Gasteiger partial charge >= 0.3 is 6.18 Å². The Bertz CT molecular complexity index is 640. The van der Waals surface area contributed by atoms with Crippen molar-refractivity contribution in [3.05, 3.63) is 39.6 Å². The zero-order chi connectivity index (χ0) is 15.1. The highest BCUT2D eigenvalue weighted by Gasteiger charge is 2.37. The summed E-state index contributed by atoms with van der Waals surface area (Å²) < 4.78 is 39.7. The monoisotopic (exact) mass is 325 g/mol. The first-order valence-corrected chi connectivity index (χ1v) is 6.13. The number of aliphatic hydroxyl groups excluding tert-OH is 1. The van der Waals surface area contributed by atoms with E-state index >= 15 is 0 Å². The van der Waals surface area contributed by atoms with Crippen LogP contribution in [0.2, 0.25) is 10.0 Å². The molecule has 0 amide bonds. The molecule has 1 aromatic heterocycles. The van der Waals surface area contributed by atoms with Crippen LogP contribution in [0.3, 0.4) is 0 Å². The van der Waals surface area contributed by atoms with Crippen molar-refractivity contribution in [2.75, 3.05) is 0 Å². The fourth-order valence-electron chi connectivity index (χ4n) is 1.56. The number of hydrogen-bond acceptors (Lipinski definition) is 3. The minimum Gasteiger partial charge on any atom is -0.387 e. The van der Waals surface area contributed by atoms with Crippen LogP contribution in [0.25, 0.3) is 5.69 Å². The predicted molar refractivity (Wildman–Crippen MR) is 67.0 cm³/mol. The van der Waals surface area contributed by atoms with Crippen molar-refractivity contribution in [1.29, 1.82) is 0 Å². The standard InChI is InChI=1S/C11H8Cl2F3N3O/c1-5(20)7-4-19(18-17-7)8-3-2-6(12)9(10(8)13)11(14,15)16/h2-5,20H,1H3. The van der Waals surface area contributed by atoms with Gasteiger partial charge in [-0.2, -0.15) is 13.2 Å². The molecule has 0 saturated heterocycles. The third kappa shape index (κ3) is 2.74. The summed E-state index contributed by atoms with van der Waals surface area (Å²) in [7, 11) is 0. The highest BCUT2D eigenvalue weighted by atomic mass is 35.5. The molecule has 9 heteroatoms. The first-order valence-electron chi connectivity index (χ1n) is 5.37. The maximum atomic E-state index is 12.9. The second kappa shape index (κ2) is 5.23. The van der Waals surface area contributed by atoms with Gasteiger partial charge in [0, 0.05) is 0 Å².